The first-order chi connectivity index (χ1) is 8.50. The number of hydrogen-bond acceptors (Lipinski definition) is 3. The van der Waals surface area contributed by atoms with Crippen LogP contribution in [0.4, 0.5) is 13.2 Å². The Morgan fingerprint density at radius 1 is 1.28 bits per heavy atom. The number of alkyl halides is 3. The maximum Gasteiger partial charge on any atom is 0.416 e. The Bertz CT molecular complexity index is 534. The minimum Gasteiger partial charge on any atom is -0.330 e. The number of rotatable bonds is 3. The lowest BCUT2D eigenvalue weighted by Crippen LogP contribution is -2.04. The average Bonchev–Trinajstić information content (AvgIpc) is 2.77. The van der Waals surface area contributed by atoms with Crippen molar-refractivity contribution in [3.63, 3.8) is 0 Å². The highest BCUT2D eigenvalue weighted by atomic mass is 32.1. The molecule has 1 heterocycles. The van der Waals surface area contributed by atoms with E-state index in [1.807, 2.05) is 0 Å². The number of aromatic nitrogens is 1. The molecule has 0 aliphatic carbocycles. The molecule has 0 spiro atoms. The summed E-state index contributed by atoms with van der Waals surface area (Å²) in [5.41, 5.74) is 5.25. The van der Waals surface area contributed by atoms with Gasteiger partial charge < -0.3 is 5.73 Å². The molecule has 0 radical (unpaired) electrons. The second-order valence-corrected chi connectivity index (χ2v) is 4.86. The van der Waals surface area contributed by atoms with Crippen LogP contribution in [0.5, 0.6) is 0 Å². The maximum atomic E-state index is 12.6. The molecule has 96 valence electrons. The third-order valence-corrected chi connectivity index (χ3v) is 3.49. The van der Waals surface area contributed by atoms with Gasteiger partial charge >= 0.3 is 6.18 Å². The van der Waals surface area contributed by atoms with Gasteiger partial charge in [-0.25, -0.2) is 4.98 Å². The first-order valence-corrected chi connectivity index (χ1v) is 6.15. The topological polar surface area (TPSA) is 38.9 Å². The fourth-order valence-corrected chi connectivity index (χ4v) is 2.45. The van der Waals surface area contributed by atoms with Crippen LogP contribution in [0.1, 0.15) is 10.4 Å². The standard InChI is InChI=1S/C12H11F3N2S/c13-12(14,15)9-3-1-2-8(6-9)11-17-7-10(18-11)4-5-16/h1-3,6-7H,4-5,16H2. The summed E-state index contributed by atoms with van der Waals surface area (Å²) in [4.78, 5) is 5.10. The summed E-state index contributed by atoms with van der Waals surface area (Å²) in [5, 5.41) is 0.588. The second kappa shape index (κ2) is 5.07. The van der Waals surface area contributed by atoms with Crippen LogP contribution in [0.3, 0.4) is 0 Å². The van der Waals surface area contributed by atoms with Crippen LogP contribution >= 0.6 is 11.3 Å². The molecule has 2 rings (SSSR count). The number of thiazole rings is 1. The molecule has 0 saturated heterocycles. The van der Waals surface area contributed by atoms with Crippen LogP contribution in [0.2, 0.25) is 0 Å². The lowest BCUT2D eigenvalue weighted by molar-refractivity contribution is -0.137. The average molecular weight is 272 g/mol. The SMILES string of the molecule is NCCc1cnc(-c2cccc(C(F)(F)F)c2)s1. The van der Waals surface area contributed by atoms with Crippen molar-refractivity contribution in [1.82, 2.24) is 4.98 Å². The molecule has 2 aromatic rings. The van der Waals surface area contributed by atoms with E-state index in [1.54, 1.807) is 12.3 Å². The molecule has 1 aromatic carbocycles. The van der Waals surface area contributed by atoms with Crippen LogP contribution in [0, 0.1) is 0 Å². The number of nitrogens with two attached hydrogens (primary N) is 1. The Hall–Kier alpha value is -1.40. The number of benzene rings is 1. The summed E-state index contributed by atoms with van der Waals surface area (Å²) < 4.78 is 37.7. The minimum atomic E-state index is -4.33. The number of hydrogen-bond donors (Lipinski definition) is 1. The fraction of sp³-hybridized carbons (Fsp3) is 0.250. The van der Waals surface area contributed by atoms with Gasteiger partial charge in [0, 0.05) is 16.6 Å². The minimum absolute atomic E-state index is 0.484. The lowest BCUT2D eigenvalue weighted by Gasteiger charge is -2.07. The van der Waals surface area contributed by atoms with E-state index in [0.29, 0.717) is 23.5 Å². The summed E-state index contributed by atoms with van der Waals surface area (Å²) in [7, 11) is 0. The van der Waals surface area contributed by atoms with E-state index < -0.39 is 11.7 Å². The molecule has 2 nitrogen and oxygen atoms in total. The van der Waals surface area contributed by atoms with Gasteiger partial charge in [-0.15, -0.1) is 11.3 Å². The van der Waals surface area contributed by atoms with E-state index in [0.717, 1.165) is 17.0 Å². The summed E-state index contributed by atoms with van der Waals surface area (Å²) in [5.74, 6) is 0. The van der Waals surface area contributed by atoms with Crippen molar-refractivity contribution in [2.75, 3.05) is 6.54 Å². The molecule has 2 N–H and O–H groups in total. The molecule has 1 aromatic heterocycles. The molecule has 0 saturated carbocycles. The Morgan fingerprint density at radius 2 is 2.06 bits per heavy atom. The van der Waals surface area contributed by atoms with E-state index in [-0.39, 0.29) is 0 Å². The monoisotopic (exact) mass is 272 g/mol. The summed E-state index contributed by atoms with van der Waals surface area (Å²) in [6.45, 7) is 0.504. The van der Waals surface area contributed by atoms with Gasteiger partial charge in [0.15, 0.2) is 0 Å². The smallest absolute Gasteiger partial charge is 0.330 e. The van der Waals surface area contributed by atoms with Gasteiger partial charge in [-0.1, -0.05) is 12.1 Å². The molecule has 0 fully saturated rings. The Balaban J connectivity index is 2.32. The zero-order chi connectivity index (χ0) is 13.2. The molecular weight excluding hydrogens is 261 g/mol. The molecular formula is C12H11F3N2S. The van der Waals surface area contributed by atoms with E-state index in [1.165, 1.54) is 17.4 Å². The predicted octanol–water partition coefficient (Wildman–Crippen LogP) is 3.33. The number of nitrogens with zero attached hydrogens (tertiary/aromatic N) is 1. The Morgan fingerprint density at radius 3 is 2.72 bits per heavy atom. The van der Waals surface area contributed by atoms with Gasteiger partial charge in [0.25, 0.3) is 0 Å². The second-order valence-electron chi connectivity index (χ2n) is 3.75. The zero-order valence-corrected chi connectivity index (χ0v) is 10.2. The number of halogens is 3. The zero-order valence-electron chi connectivity index (χ0n) is 9.37. The maximum absolute atomic E-state index is 12.6. The highest BCUT2D eigenvalue weighted by Gasteiger charge is 2.30. The molecule has 0 atom stereocenters. The van der Waals surface area contributed by atoms with Gasteiger partial charge in [-0.3, -0.25) is 0 Å². The summed E-state index contributed by atoms with van der Waals surface area (Å²) in [6, 6.07) is 5.19. The van der Waals surface area contributed by atoms with E-state index in [9.17, 15) is 13.2 Å². The molecule has 0 bridgehead atoms. The molecule has 0 aliphatic rings. The highest BCUT2D eigenvalue weighted by Crippen LogP contribution is 2.33. The van der Waals surface area contributed by atoms with Crippen LogP contribution in [0.25, 0.3) is 10.6 Å². The lowest BCUT2D eigenvalue weighted by atomic mass is 10.1. The van der Waals surface area contributed by atoms with Gasteiger partial charge in [0.2, 0.25) is 0 Å². The largest absolute Gasteiger partial charge is 0.416 e. The van der Waals surface area contributed by atoms with Gasteiger partial charge in [0.05, 0.1) is 5.56 Å². The summed E-state index contributed by atoms with van der Waals surface area (Å²) >= 11 is 1.37. The van der Waals surface area contributed by atoms with Gasteiger partial charge in [-0.05, 0) is 25.1 Å². The van der Waals surface area contributed by atoms with Crippen molar-refractivity contribution < 1.29 is 13.2 Å². The summed E-state index contributed by atoms with van der Waals surface area (Å²) in [6.07, 6.45) is -1.98. The van der Waals surface area contributed by atoms with Crippen LogP contribution in [-0.4, -0.2) is 11.5 Å². The van der Waals surface area contributed by atoms with Crippen molar-refractivity contribution >= 4 is 11.3 Å². The van der Waals surface area contributed by atoms with Crippen molar-refractivity contribution in [2.45, 2.75) is 12.6 Å². The van der Waals surface area contributed by atoms with Crippen LogP contribution in [-0.2, 0) is 12.6 Å². The first kappa shape index (κ1) is 13.0. The predicted molar refractivity (Wildman–Crippen MR) is 65.3 cm³/mol. The normalized spacial score (nSPS) is 11.8. The van der Waals surface area contributed by atoms with E-state index in [4.69, 9.17) is 5.73 Å². The van der Waals surface area contributed by atoms with Crippen molar-refractivity contribution in [3.8, 4) is 10.6 Å². The van der Waals surface area contributed by atoms with Crippen molar-refractivity contribution in [1.29, 1.82) is 0 Å². The van der Waals surface area contributed by atoms with Crippen LogP contribution < -0.4 is 5.73 Å². The van der Waals surface area contributed by atoms with Crippen molar-refractivity contribution in [2.24, 2.45) is 5.73 Å². The van der Waals surface area contributed by atoms with E-state index in [2.05, 4.69) is 4.98 Å². The van der Waals surface area contributed by atoms with Crippen molar-refractivity contribution in [3.05, 3.63) is 40.9 Å². The third kappa shape index (κ3) is 2.88. The Labute approximate surface area is 106 Å². The van der Waals surface area contributed by atoms with Crippen LogP contribution in [0.15, 0.2) is 30.5 Å². The molecule has 6 heteroatoms. The molecule has 0 amide bonds. The van der Waals surface area contributed by atoms with E-state index >= 15 is 0 Å². The molecule has 0 aliphatic heterocycles. The van der Waals surface area contributed by atoms with Gasteiger partial charge in [0.1, 0.15) is 5.01 Å². The molecule has 18 heavy (non-hydrogen) atoms. The quantitative estimate of drug-likeness (QED) is 0.930. The van der Waals surface area contributed by atoms with Gasteiger partial charge in [-0.2, -0.15) is 13.2 Å². The molecule has 0 unspecified atom stereocenters. The first-order valence-electron chi connectivity index (χ1n) is 5.33. The third-order valence-electron chi connectivity index (χ3n) is 2.38. The fourth-order valence-electron chi connectivity index (χ4n) is 1.53. The Kier molecular flexibility index (Phi) is 3.68. The highest BCUT2D eigenvalue weighted by molar-refractivity contribution is 7.15.